The van der Waals surface area contributed by atoms with Crippen LogP contribution < -0.4 is 4.57 Å². The number of fused-ring (bicyclic) bond motifs is 7. The van der Waals surface area contributed by atoms with E-state index in [0.29, 0.717) is 0 Å². The van der Waals surface area contributed by atoms with E-state index in [0.717, 1.165) is 34.6 Å². The van der Waals surface area contributed by atoms with E-state index in [4.69, 9.17) is 4.42 Å². The minimum absolute atomic E-state index is 0.852. The second kappa shape index (κ2) is 3.28. The van der Waals surface area contributed by atoms with E-state index in [-0.39, 0.29) is 0 Å². The lowest BCUT2D eigenvalue weighted by Crippen LogP contribution is -2.32. The average Bonchev–Trinajstić information content (AvgIpc) is 3.09. The smallest absolute Gasteiger partial charge is 0.329 e. The van der Waals surface area contributed by atoms with Crippen molar-refractivity contribution in [3.8, 4) is 11.5 Å². The van der Waals surface area contributed by atoms with Gasteiger partial charge in [0.05, 0.1) is 18.0 Å². The van der Waals surface area contributed by atoms with Crippen molar-refractivity contribution in [2.24, 2.45) is 7.05 Å². The summed E-state index contributed by atoms with van der Waals surface area (Å²) in [5.74, 6) is 0.916. The van der Waals surface area contributed by atoms with Crippen LogP contribution in [0.5, 0.6) is 0 Å². The highest BCUT2D eigenvalue weighted by Gasteiger charge is 2.34. The lowest BCUT2D eigenvalue weighted by molar-refractivity contribution is -0.652. The first-order valence-corrected chi connectivity index (χ1v) is 6.67. The molecule has 20 heavy (non-hydrogen) atoms. The molecule has 1 aliphatic rings. The molecule has 0 radical (unpaired) electrons. The van der Waals surface area contributed by atoms with Crippen LogP contribution >= 0.6 is 0 Å². The molecule has 0 saturated heterocycles. The molecule has 4 aromatic rings. The highest BCUT2D eigenvalue weighted by Crippen LogP contribution is 2.34. The number of nitrogens with zero attached hydrogens (tertiary/aromatic N) is 3. The highest BCUT2D eigenvalue weighted by atomic mass is 16.4. The van der Waals surface area contributed by atoms with Gasteiger partial charge in [0.1, 0.15) is 12.1 Å². The van der Waals surface area contributed by atoms with E-state index in [9.17, 15) is 0 Å². The molecule has 0 saturated carbocycles. The molecule has 96 valence electrons. The van der Waals surface area contributed by atoms with Crippen LogP contribution in [0.2, 0.25) is 0 Å². The molecule has 0 aliphatic carbocycles. The molecule has 0 atom stereocenters. The highest BCUT2D eigenvalue weighted by molar-refractivity contribution is 6.02. The topological polar surface area (TPSA) is 34.8 Å². The number of hydrogen-bond acceptors (Lipinski definition) is 2. The average molecular weight is 262 g/mol. The molecule has 3 aromatic heterocycles. The first-order valence-electron chi connectivity index (χ1n) is 6.67. The van der Waals surface area contributed by atoms with E-state index in [2.05, 4.69) is 51.5 Å². The van der Waals surface area contributed by atoms with Gasteiger partial charge in [-0.1, -0.05) is 12.1 Å². The summed E-state index contributed by atoms with van der Waals surface area (Å²) in [6, 6.07) is 10.4. The van der Waals surface area contributed by atoms with Crippen LogP contribution in [0.3, 0.4) is 0 Å². The molecule has 0 unspecified atom stereocenters. The van der Waals surface area contributed by atoms with Crippen molar-refractivity contribution in [1.82, 2.24) is 9.55 Å². The Morgan fingerprint density at radius 1 is 1.25 bits per heavy atom. The third-order valence-electron chi connectivity index (χ3n) is 4.20. The van der Waals surface area contributed by atoms with E-state index >= 15 is 0 Å². The summed E-state index contributed by atoms with van der Waals surface area (Å²) >= 11 is 0. The van der Waals surface area contributed by atoms with E-state index in [1.807, 2.05) is 12.4 Å². The summed E-state index contributed by atoms with van der Waals surface area (Å²) in [5, 5.41) is 1.16. The van der Waals surface area contributed by atoms with Gasteiger partial charge in [-0.2, -0.15) is 4.57 Å². The predicted octanol–water partition coefficient (Wildman–Crippen LogP) is 2.64. The lowest BCUT2D eigenvalue weighted by atomic mass is 10.2. The molecule has 1 aromatic carbocycles. The molecule has 4 heteroatoms. The van der Waals surface area contributed by atoms with Gasteiger partial charge >= 0.3 is 5.65 Å². The molecule has 0 spiro atoms. The maximum absolute atomic E-state index is 6.17. The van der Waals surface area contributed by atoms with Crippen molar-refractivity contribution < 1.29 is 8.98 Å². The zero-order valence-electron chi connectivity index (χ0n) is 11.0. The zero-order chi connectivity index (χ0) is 13.3. The Balaban J connectivity index is 1.97. The third kappa shape index (κ3) is 1.04. The minimum Gasteiger partial charge on any atom is -0.413 e. The van der Waals surface area contributed by atoms with Crippen molar-refractivity contribution in [1.29, 1.82) is 0 Å². The van der Waals surface area contributed by atoms with Crippen molar-refractivity contribution in [3.63, 3.8) is 0 Å². The summed E-state index contributed by atoms with van der Waals surface area (Å²) in [4.78, 5) is 4.21. The second-order valence-electron chi connectivity index (χ2n) is 5.26. The van der Waals surface area contributed by atoms with Crippen LogP contribution in [0.25, 0.3) is 33.6 Å². The van der Waals surface area contributed by atoms with Crippen LogP contribution in [-0.4, -0.2) is 9.55 Å². The predicted molar refractivity (Wildman–Crippen MR) is 75.2 cm³/mol. The largest absolute Gasteiger partial charge is 0.413 e. The summed E-state index contributed by atoms with van der Waals surface area (Å²) in [6.45, 7) is 0.852. The Hall–Kier alpha value is -2.62. The molecule has 1 aliphatic heterocycles. The first-order chi connectivity index (χ1) is 9.84. The van der Waals surface area contributed by atoms with Gasteiger partial charge in [0.2, 0.25) is 5.58 Å². The molecule has 0 fully saturated rings. The molecular weight excluding hydrogens is 250 g/mol. The molecule has 4 nitrogen and oxygen atoms in total. The SMILES string of the molecule is Cn1c2ccccc2c2oc3[n+](c21)Cc1ccncc1-3. The Morgan fingerprint density at radius 3 is 3.10 bits per heavy atom. The van der Waals surface area contributed by atoms with Crippen LogP contribution in [0.4, 0.5) is 0 Å². The Labute approximate surface area is 114 Å². The van der Waals surface area contributed by atoms with Crippen LogP contribution in [-0.2, 0) is 13.6 Å². The van der Waals surface area contributed by atoms with Gasteiger partial charge in [0.15, 0.2) is 0 Å². The monoisotopic (exact) mass is 262 g/mol. The Kier molecular flexibility index (Phi) is 1.67. The first kappa shape index (κ1) is 10.2. The quantitative estimate of drug-likeness (QED) is 0.402. The van der Waals surface area contributed by atoms with Gasteiger partial charge in [0, 0.05) is 18.0 Å². The second-order valence-corrected chi connectivity index (χ2v) is 5.26. The lowest BCUT2D eigenvalue weighted by Gasteiger charge is -1.92. The molecule has 0 bridgehead atoms. The fourth-order valence-corrected chi connectivity index (χ4v) is 3.27. The fourth-order valence-electron chi connectivity index (χ4n) is 3.27. The van der Waals surface area contributed by atoms with Gasteiger partial charge in [-0.3, -0.25) is 4.98 Å². The number of hydrogen-bond donors (Lipinski definition) is 0. The van der Waals surface area contributed by atoms with Crippen molar-refractivity contribution in [3.05, 3.63) is 48.3 Å². The molecule has 0 amide bonds. The number of rotatable bonds is 0. The summed E-state index contributed by atoms with van der Waals surface area (Å²) in [7, 11) is 2.09. The van der Waals surface area contributed by atoms with E-state index in [1.54, 1.807) is 0 Å². The Bertz CT molecular complexity index is 994. The molecule has 5 rings (SSSR count). The minimum atomic E-state index is 0.852. The molecule has 0 N–H and O–H groups in total. The summed E-state index contributed by atoms with van der Waals surface area (Å²) < 4.78 is 10.6. The van der Waals surface area contributed by atoms with Gasteiger partial charge < -0.3 is 4.42 Å². The number of aromatic nitrogens is 3. The Morgan fingerprint density at radius 2 is 2.15 bits per heavy atom. The number of para-hydroxylation sites is 1. The maximum Gasteiger partial charge on any atom is 0.329 e. The fraction of sp³-hybridized carbons (Fsp3) is 0.125. The van der Waals surface area contributed by atoms with Gasteiger partial charge in [-0.05, 0) is 18.2 Å². The number of benzene rings is 1. The zero-order valence-corrected chi connectivity index (χ0v) is 11.0. The van der Waals surface area contributed by atoms with Gasteiger partial charge in [0.25, 0.3) is 5.89 Å². The summed E-state index contributed by atoms with van der Waals surface area (Å²) in [5.41, 5.74) is 5.68. The number of aryl methyl sites for hydroxylation is 1. The van der Waals surface area contributed by atoms with Gasteiger partial charge in [-0.25, -0.2) is 4.57 Å². The van der Waals surface area contributed by atoms with Crippen molar-refractivity contribution in [2.45, 2.75) is 6.54 Å². The number of oxazole rings is 1. The van der Waals surface area contributed by atoms with E-state index in [1.165, 1.54) is 11.1 Å². The molecular formula is C16H12N3O+. The maximum atomic E-state index is 6.17. The standard InChI is InChI=1S/C16H12N3O/c1-18-13-5-3-2-4-11(13)14-15(18)19-9-10-6-7-17-8-12(10)16(19)20-14/h2-8H,9H2,1H3/q+1. The molecule has 4 heterocycles. The van der Waals surface area contributed by atoms with Crippen molar-refractivity contribution in [2.75, 3.05) is 0 Å². The normalized spacial score (nSPS) is 13.1. The third-order valence-corrected chi connectivity index (χ3v) is 4.20. The number of pyridine rings is 1. The van der Waals surface area contributed by atoms with Crippen LogP contribution in [0.15, 0.2) is 47.1 Å². The van der Waals surface area contributed by atoms with E-state index < -0.39 is 0 Å². The van der Waals surface area contributed by atoms with Gasteiger partial charge in [-0.15, -0.1) is 0 Å². The van der Waals surface area contributed by atoms with Crippen LogP contribution in [0, 0.1) is 0 Å². The van der Waals surface area contributed by atoms with Crippen LogP contribution in [0.1, 0.15) is 5.56 Å². The summed E-state index contributed by atoms with van der Waals surface area (Å²) in [6.07, 6.45) is 3.72. The van der Waals surface area contributed by atoms with Crippen molar-refractivity contribution >= 4 is 22.1 Å².